The second-order valence-corrected chi connectivity index (χ2v) is 9.39. The van der Waals surface area contributed by atoms with Crippen LogP contribution in [-0.4, -0.2) is 61.7 Å². The number of halogens is 1. The molecule has 0 radical (unpaired) electrons. The van der Waals surface area contributed by atoms with Gasteiger partial charge in [-0.25, -0.2) is 13.3 Å². The maximum absolute atomic E-state index is 12.9. The van der Waals surface area contributed by atoms with E-state index in [0.29, 0.717) is 23.8 Å². The van der Waals surface area contributed by atoms with Crippen molar-refractivity contribution in [2.45, 2.75) is 17.4 Å². The Morgan fingerprint density at radius 3 is 2.10 bits per heavy atom. The molecule has 0 unspecified atom stereocenters. The number of hydrogen-bond acceptors (Lipinski definition) is 5. The lowest BCUT2D eigenvalue weighted by Gasteiger charge is -2.36. The number of carbonyl (C=O) groups is 2. The SMILES string of the molecule is O=C1C[C@H](N2CCN(S(=O)(=O)c3ccccc3)CC2)C(=O)N1c1ccc(Cl)cc1. The fourth-order valence-corrected chi connectivity index (χ4v) is 5.33. The monoisotopic (exact) mass is 433 g/mol. The number of imide groups is 1. The van der Waals surface area contributed by atoms with Gasteiger partial charge in [0.2, 0.25) is 15.9 Å². The van der Waals surface area contributed by atoms with E-state index in [2.05, 4.69) is 0 Å². The molecule has 1 atom stereocenters. The van der Waals surface area contributed by atoms with Gasteiger partial charge in [0.1, 0.15) is 0 Å². The predicted molar refractivity (Wildman–Crippen MR) is 109 cm³/mol. The van der Waals surface area contributed by atoms with Gasteiger partial charge < -0.3 is 0 Å². The van der Waals surface area contributed by atoms with Gasteiger partial charge in [0.15, 0.2) is 0 Å². The summed E-state index contributed by atoms with van der Waals surface area (Å²) in [6.45, 7) is 1.33. The highest BCUT2D eigenvalue weighted by atomic mass is 35.5. The van der Waals surface area contributed by atoms with Gasteiger partial charge >= 0.3 is 0 Å². The molecule has 2 aromatic rings. The number of anilines is 1. The first-order valence-electron chi connectivity index (χ1n) is 9.29. The van der Waals surface area contributed by atoms with E-state index in [0.717, 1.165) is 0 Å². The number of benzene rings is 2. The first-order chi connectivity index (χ1) is 13.9. The largest absolute Gasteiger partial charge is 0.289 e. The van der Waals surface area contributed by atoms with Crippen LogP contribution in [0.4, 0.5) is 5.69 Å². The van der Waals surface area contributed by atoms with Crippen molar-refractivity contribution < 1.29 is 18.0 Å². The highest BCUT2D eigenvalue weighted by Crippen LogP contribution is 2.28. The van der Waals surface area contributed by atoms with Crippen LogP contribution in [0.25, 0.3) is 0 Å². The Kier molecular flexibility index (Phi) is 5.44. The maximum atomic E-state index is 12.9. The number of amides is 2. The Bertz CT molecular complexity index is 1020. The van der Waals surface area contributed by atoms with Crippen molar-refractivity contribution in [3.8, 4) is 0 Å². The lowest BCUT2D eigenvalue weighted by Crippen LogP contribution is -2.53. The average molecular weight is 434 g/mol. The van der Waals surface area contributed by atoms with Crippen LogP contribution in [-0.2, 0) is 19.6 Å². The van der Waals surface area contributed by atoms with Crippen molar-refractivity contribution >= 4 is 39.1 Å². The zero-order chi connectivity index (χ0) is 20.6. The van der Waals surface area contributed by atoms with Gasteiger partial charge in [0.25, 0.3) is 5.91 Å². The Labute approximate surface area is 174 Å². The number of carbonyl (C=O) groups excluding carboxylic acids is 2. The molecule has 0 aliphatic carbocycles. The smallest absolute Gasteiger partial charge is 0.251 e. The van der Waals surface area contributed by atoms with Crippen LogP contribution < -0.4 is 4.90 Å². The molecule has 9 heteroatoms. The van der Waals surface area contributed by atoms with Gasteiger partial charge in [-0.2, -0.15) is 4.31 Å². The normalized spacial score (nSPS) is 21.7. The van der Waals surface area contributed by atoms with Crippen molar-refractivity contribution in [1.29, 1.82) is 0 Å². The molecule has 0 spiro atoms. The Morgan fingerprint density at radius 2 is 1.48 bits per heavy atom. The van der Waals surface area contributed by atoms with Gasteiger partial charge in [-0.3, -0.25) is 14.5 Å². The predicted octanol–water partition coefficient (Wildman–Crippen LogP) is 1.98. The summed E-state index contributed by atoms with van der Waals surface area (Å²) in [5.41, 5.74) is 0.497. The molecule has 2 fully saturated rings. The average Bonchev–Trinajstić information content (AvgIpc) is 3.03. The summed E-state index contributed by atoms with van der Waals surface area (Å²) in [7, 11) is -3.56. The number of hydrogen-bond donors (Lipinski definition) is 0. The first-order valence-corrected chi connectivity index (χ1v) is 11.1. The van der Waals surface area contributed by atoms with Crippen molar-refractivity contribution in [3.05, 3.63) is 59.6 Å². The van der Waals surface area contributed by atoms with E-state index in [4.69, 9.17) is 11.6 Å². The fourth-order valence-electron chi connectivity index (χ4n) is 3.76. The standard InChI is InChI=1S/C20H20ClN3O4S/c21-15-6-8-16(9-7-15)24-19(25)14-18(20(24)26)22-10-12-23(13-11-22)29(27,28)17-4-2-1-3-5-17/h1-9,18H,10-14H2/t18-/m0/s1. The lowest BCUT2D eigenvalue weighted by molar-refractivity contribution is -0.123. The third-order valence-corrected chi connectivity index (χ3v) is 7.47. The number of sulfonamides is 1. The molecular formula is C20H20ClN3O4S. The molecule has 2 aromatic carbocycles. The summed E-state index contributed by atoms with van der Waals surface area (Å²) in [5, 5.41) is 0.528. The quantitative estimate of drug-likeness (QED) is 0.689. The number of piperazine rings is 1. The van der Waals surface area contributed by atoms with Gasteiger partial charge in [-0.1, -0.05) is 29.8 Å². The van der Waals surface area contributed by atoms with Crippen LogP contribution in [0.2, 0.25) is 5.02 Å². The molecule has 4 rings (SSSR count). The van der Waals surface area contributed by atoms with Gasteiger partial charge in [0, 0.05) is 31.2 Å². The van der Waals surface area contributed by atoms with E-state index in [1.54, 1.807) is 54.6 Å². The van der Waals surface area contributed by atoms with Crippen LogP contribution in [0.1, 0.15) is 6.42 Å². The summed E-state index contributed by atoms with van der Waals surface area (Å²) >= 11 is 5.89. The summed E-state index contributed by atoms with van der Waals surface area (Å²) < 4.78 is 27.0. The minimum Gasteiger partial charge on any atom is -0.289 e. The molecule has 0 N–H and O–H groups in total. The molecule has 0 saturated carbocycles. The van der Waals surface area contributed by atoms with Crippen LogP contribution in [0.3, 0.4) is 0 Å². The second kappa shape index (κ2) is 7.87. The van der Waals surface area contributed by atoms with Crippen molar-refractivity contribution in [2.75, 3.05) is 31.1 Å². The topological polar surface area (TPSA) is 78.0 Å². The molecule has 2 saturated heterocycles. The molecule has 7 nitrogen and oxygen atoms in total. The van der Waals surface area contributed by atoms with Gasteiger partial charge in [-0.15, -0.1) is 0 Å². The number of rotatable bonds is 4. The second-order valence-electron chi connectivity index (χ2n) is 7.02. The molecule has 2 heterocycles. The minimum atomic E-state index is -3.56. The van der Waals surface area contributed by atoms with Crippen LogP contribution >= 0.6 is 11.6 Å². The van der Waals surface area contributed by atoms with Crippen molar-refractivity contribution in [2.24, 2.45) is 0 Å². The number of nitrogens with zero attached hydrogens (tertiary/aromatic N) is 3. The van der Waals surface area contributed by atoms with E-state index in [9.17, 15) is 18.0 Å². The molecular weight excluding hydrogens is 414 g/mol. The van der Waals surface area contributed by atoms with Gasteiger partial charge in [-0.05, 0) is 36.4 Å². The van der Waals surface area contributed by atoms with E-state index < -0.39 is 16.1 Å². The summed E-state index contributed by atoms with van der Waals surface area (Å²) in [4.78, 5) is 28.7. The molecule has 2 aliphatic heterocycles. The summed E-state index contributed by atoms with van der Waals surface area (Å²) in [6, 6.07) is 14.3. The molecule has 152 valence electrons. The zero-order valence-corrected chi connectivity index (χ0v) is 17.1. The lowest BCUT2D eigenvalue weighted by atomic mass is 10.2. The van der Waals surface area contributed by atoms with E-state index in [-0.39, 0.29) is 36.2 Å². The van der Waals surface area contributed by atoms with Crippen LogP contribution in [0.15, 0.2) is 59.5 Å². The van der Waals surface area contributed by atoms with Crippen molar-refractivity contribution in [1.82, 2.24) is 9.21 Å². The Balaban J connectivity index is 1.44. The highest BCUT2D eigenvalue weighted by Gasteiger charge is 2.44. The molecule has 29 heavy (non-hydrogen) atoms. The fraction of sp³-hybridized carbons (Fsp3) is 0.300. The molecule has 0 bridgehead atoms. The summed E-state index contributed by atoms with van der Waals surface area (Å²) in [6.07, 6.45) is 0.0902. The minimum absolute atomic E-state index is 0.0902. The maximum Gasteiger partial charge on any atom is 0.251 e. The Morgan fingerprint density at radius 1 is 0.862 bits per heavy atom. The molecule has 0 aromatic heterocycles. The Hall–Kier alpha value is -2.26. The highest BCUT2D eigenvalue weighted by molar-refractivity contribution is 7.89. The summed E-state index contributed by atoms with van der Waals surface area (Å²) in [5.74, 6) is -0.543. The zero-order valence-electron chi connectivity index (χ0n) is 15.6. The van der Waals surface area contributed by atoms with Crippen LogP contribution in [0, 0.1) is 0 Å². The van der Waals surface area contributed by atoms with Gasteiger partial charge in [0.05, 0.1) is 23.0 Å². The van der Waals surface area contributed by atoms with Crippen molar-refractivity contribution in [3.63, 3.8) is 0 Å². The van der Waals surface area contributed by atoms with E-state index in [1.165, 1.54) is 9.21 Å². The third kappa shape index (κ3) is 3.81. The van der Waals surface area contributed by atoms with Crippen LogP contribution in [0.5, 0.6) is 0 Å². The first kappa shape index (κ1) is 20.0. The molecule has 2 aliphatic rings. The third-order valence-electron chi connectivity index (χ3n) is 5.30. The van der Waals surface area contributed by atoms with E-state index in [1.807, 2.05) is 4.90 Å². The van der Waals surface area contributed by atoms with E-state index >= 15 is 0 Å². The molecule has 2 amide bonds.